The van der Waals surface area contributed by atoms with Gasteiger partial charge in [0.2, 0.25) is 0 Å². The van der Waals surface area contributed by atoms with Gasteiger partial charge in [-0.1, -0.05) is 141 Å². The number of nitrogens with zero attached hydrogens (tertiary/aromatic N) is 2. The smallest absolute Gasteiger partial charge is 0.160 e. The van der Waals surface area contributed by atoms with E-state index >= 15 is 0 Å². The van der Waals surface area contributed by atoms with Gasteiger partial charge in [-0.25, -0.2) is 9.97 Å². The third-order valence-corrected chi connectivity index (χ3v) is 12.1. The molecule has 234 valence electrons. The number of hydrogen-bond donors (Lipinski definition) is 0. The quantitative estimate of drug-likeness (QED) is 0.190. The fraction of sp³-hybridized carbons (Fsp3) is 0.130. The van der Waals surface area contributed by atoms with Gasteiger partial charge in [0, 0.05) is 42.3 Å². The largest absolute Gasteiger partial charge is 0.228 e. The summed E-state index contributed by atoms with van der Waals surface area (Å²) in [6, 6.07) is 53.0. The van der Waals surface area contributed by atoms with Gasteiger partial charge in [-0.2, -0.15) is 0 Å². The topological polar surface area (TPSA) is 25.8 Å². The molecule has 0 atom stereocenters. The van der Waals surface area contributed by atoms with Crippen molar-refractivity contribution < 1.29 is 0 Å². The second-order valence-corrected chi connectivity index (χ2v) is 14.7. The molecular weight excluding hydrogens is 613 g/mol. The first-order chi connectivity index (χ1) is 24.2. The van der Waals surface area contributed by atoms with E-state index in [1.54, 1.807) is 11.1 Å². The summed E-state index contributed by atoms with van der Waals surface area (Å²) in [5, 5.41) is 2.58. The van der Waals surface area contributed by atoms with E-state index in [2.05, 4.69) is 121 Å². The van der Waals surface area contributed by atoms with Crippen LogP contribution in [0.4, 0.5) is 0 Å². The Morgan fingerprint density at radius 2 is 1.12 bits per heavy atom. The monoisotopic (exact) mass is 646 g/mol. The molecule has 2 aromatic heterocycles. The zero-order valence-electron chi connectivity index (χ0n) is 27.2. The molecule has 1 saturated carbocycles. The Kier molecular flexibility index (Phi) is 6.63. The maximum atomic E-state index is 5.12. The van der Waals surface area contributed by atoms with E-state index in [-0.39, 0.29) is 5.41 Å². The van der Waals surface area contributed by atoms with Crippen molar-refractivity contribution in [3.63, 3.8) is 0 Å². The van der Waals surface area contributed by atoms with E-state index in [1.807, 2.05) is 35.6 Å². The van der Waals surface area contributed by atoms with Crippen LogP contribution in [0.2, 0.25) is 0 Å². The molecule has 0 amide bonds. The Hall–Kier alpha value is -5.38. The second-order valence-electron chi connectivity index (χ2n) is 13.6. The minimum absolute atomic E-state index is 0.151. The van der Waals surface area contributed by atoms with Gasteiger partial charge in [0.25, 0.3) is 0 Å². The Morgan fingerprint density at radius 3 is 1.94 bits per heavy atom. The van der Waals surface area contributed by atoms with E-state index in [9.17, 15) is 0 Å². The number of hydrogen-bond acceptors (Lipinski definition) is 3. The lowest BCUT2D eigenvalue weighted by molar-refractivity contribution is 0.353. The lowest BCUT2D eigenvalue weighted by Crippen LogP contribution is -2.28. The van der Waals surface area contributed by atoms with Gasteiger partial charge in [0.15, 0.2) is 5.82 Å². The van der Waals surface area contributed by atoms with Gasteiger partial charge in [-0.3, -0.25) is 0 Å². The van der Waals surface area contributed by atoms with Crippen molar-refractivity contribution in [3.05, 3.63) is 157 Å². The maximum Gasteiger partial charge on any atom is 0.160 e. The number of fused-ring (bicyclic) bond motifs is 8. The SMILES string of the molecule is c1ccc(-c2cc(-c3ccc4sc5c(-c6ccc7c(c6)C6(CCCCC6)c6ccccc6-7)cccc5c4c3)nc(-c3ccccc3)n2)cc1. The molecule has 0 saturated heterocycles. The second kappa shape index (κ2) is 11.4. The lowest BCUT2D eigenvalue weighted by Gasteiger charge is -2.36. The summed E-state index contributed by atoms with van der Waals surface area (Å²) < 4.78 is 2.64. The van der Waals surface area contributed by atoms with E-state index in [0.717, 1.165) is 33.9 Å². The van der Waals surface area contributed by atoms with Crippen LogP contribution in [-0.4, -0.2) is 9.97 Å². The fourth-order valence-corrected chi connectivity index (χ4v) is 9.79. The van der Waals surface area contributed by atoms with Crippen molar-refractivity contribution in [2.24, 2.45) is 0 Å². The molecule has 0 aliphatic heterocycles. The highest BCUT2D eigenvalue weighted by atomic mass is 32.1. The molecule has 0 N–H and O–H groups in total. The molecule has 0 unspecified atom stereocenters. The predicted molar refractivity (Wildman–Crippen MR) is 206 cm³/mol. The number of benzene rings is 6. The summed E-state index contributed by atoms with van der Waals surface area (Å²) in [4.78, 5) is 10.1. The number of aromatic nitrogens is 2. The van der Waals surface area contributed by atoms with Crippen LogP contribution >= 0.6 is 11.3 Å². The molecule has 8 aromatic rings. The molecule has 2 nitrogen and oxygen atoms in total. The van der Waals surface area contributed by atoms with E-state index < -0.39 is 0 Å². The van der Waals surface area contributed by atoms with Gasteiger partial charge in [-0.05, 0) is 70.5 Å². The van der Waals surface area contributed by atoms with Crippen LogP contribution in [0.3, 0.4) is 0 Å². The van der Waals surface area contributed by atoms with Crippen LogP contribution in [0.1, 0.15) is 43.2 Å². The molecule has 1 spiro atoms. The third kappa shape index (κ3) is 4.60. The first-order valence-corrected chi connectivity index (χ1v) is 18.3. The normalized spacial score (nSPS) is 14.7. The maximum absolute atomic E-state index is 5.12. The van der Waals surface area contributed by atoms with Crippen LogP contribution in [0.15, 0.2) is 146 Å². The summed E-state index contributed by atoms with van der Waals surface area (Å²) in [5.41, 5.74) is 13.8. The third-order valence-electron chi connectivity index (χ3n) is 10.9. The van der Waals surface area contributed by atoms with Crippen LogP contribution in [-0.2, 0) is 5.41 Å². The van der Waals surface area contributed by atoms with Gasteiger partial charge >= 0.3 is 0 Å². The van der Waals surface area contributed by atoms with Crippen molar-refractivity contribution in [2.75, 3.05) is 0 Å². The summed E-state index contributed by atoms with van der Waals surface area (Å²) in [7, 11) is 0. The Labute approximate surface area is 290 Å². The van der Waals surface area contributed by atoms with Gasteiger partial charge < -0.3 is 0 Å². The molecule has 10 rings (SSSR count). The Bertz CT molecular complexity index is 2470. The molecule has 2 heterocycles. The van der Waals surface area contributed by atoms with Crippen LogP contribution in [0, 0.1) is 0 Å². The molecule has 2 aliphatic rings. The fourth-order valence-electron chi connectivity index (χ4n) is 8.57. The molecule has 0 radical (unpaired) electrons. The number of thiophene rings is 1. The average Bonchev–Trinajstić information content (AvgIpc) is 3.68. The summed E-state index contributed by atoms with van der Waals surface area (Å²) >= 11 is 1.90. The Morgan fingerprint density at radius 1 is 0.449 bits per heavy atom. The standard InChI is InChI=1S/C46H34N2S/c1-4-13-30(14-5-1)41-29-42(48-45(47-41)31-15-6-2-7-16-31)33-22-24-43-38(27-33)37-19-12-18-34(44(37)49-43)32-21-23-36-35-17-8-9-20-39(35)46(40(36)28-32)25-10-3-11-26-46/h1-2,4-9,12-24,27-29H,3,10-11,25-26H2. The van der Waals surface area contributed by atoms with Crippen molar-refractivity contribution in [2.45, 2.75) is 37.5 Å². The minimum atomic E-state index is 0.151. The summed E-state index contributed by atoms with van der Waals surface area (Å²) in [6.45, 7) is 0. The molecule has 1 fully saturated rings. The lowest BCUT2D eigenvalue weighted by atomic mass is 9.67. The zero-order chi connectivity index (χ0) is 32.4. The first-order valence-electron chi connectivity index (χ1n) is 17.5. The molecule has 3 heteroatoms. The molecule has 6 aromatic carbocycles. The summed E-state index contributed by atoms with van der Waals surface area (Å²) in [5.74, 6) is 0.740. The predicted octanol–water partition coefficient (Wildman–Crippen LogP) is 12.7. The van der Waals surface area contributed by atoms with Gasteiger partial charge in [0.05, 0.1) is 11.4 Å². The van der Waals surface area contributed by atoms with Gasteiger partial charge in [-0.15, -0.1) is 11.3 Å². The minimum Gasteiger partial charge on any atom is -0.228 e. The molecule has 0 bridgehead atoms. The summed E-state index contributed by atoms with van der Waals surface area (Å²) in [6.07, 6.45) is 6.45. The molecule has 2 aliphatic carbocycles. The van der Waals surface area contributed by atoms with E-state index in [1.165, 1.54) is 74.5 Å². The highest BCUT2D eigenvalue weighted by molar-refractivity contribution is 7.26. The molecule has 49 heavy (non-hydrogen) atoms. The van der Waals surface area contributed by atoms with E-state index in [4.69, 9.17) is 9.97 Å². The molecular formula is C46H34N2S. The highest BCUT2D eigenvalue weighted by Gasteiger charge is 2.43. The van der Waals surface area contributed by atoms with Crippen molar-refractivity contribution in [1.29, 1.82) is 0 Å². The number of rotatable bonds is 4. The van der Waals surface area contributed by atoms with E-state index in [0.29, 0.717) is 0 Å². The van der Waals surface area contributed by atoms with Crippen molar-refractivity contribution in [1.82, 2.24) is 9.97 Å². The van der Waals surface area contributed by atoms with Gasteiger partial charge in [0.1, 0.15) is 0 Å². The van der Waals surface area contributed by atoms with Crippen LogP contribution < -0.4 is 0 Å². The van der Waals surface area contributed by atoms with Crippen LogP contribution in [0.25, 0.3) is 76.3 Å². The van der Waals surface area contributed by atoms with Crippen LogP contribution in [0.5, 0.6) is 0 Å². The average molecular weight is 647 g/mol. The Balaban J connectivity index is 1.11. The zero-order valence-corrected chi connectivity index (χ0v) is 28.0. The highest BCUT2D eigenvalue weighted by Crippen LogP contribution is 2.56. The van der Waals surface area contributed by atoms with Crippen molar-refractivity contribution >= 4 is 31.5 Å². The van der Waals surface area contributed by atoms with Crippen molar-refractivity contribution in [3.8, 4) is 56.2 Å². The first kappa shape index (κ1) is 28.6.